The number of phenols is 1. The van der Waals surface area contributed by atoms with Crippen molar-refractivity contribution < 1.29 is 34.3 Å². The van der Waals surface area contributed by atoms with Crippen molar-refractivity contribution in [2.45, 2.75) is 173 Å². The van der Waals surface area contributed by atoms with Gasteiger partial charge in [-0.2, -0.15) is 0 Å². The highest BCUT2D eigenvalue weighted by Gasteiger charge is 2.34. The Hall–Kier alpha value is -1.22. The van der Waals surface area contributed by atoms with Crippen LogP contribution in [0.1, 0.15) is 135 Å². The van der Waals surface area contributed by atoms with E-state index in [0.29, 0.717) is 18.4 Å². The summed E-state index contributed by atoms with van der Waals surface area (Å²) in [7, 11) is 0. The predicted molar refractivity (Wildman–Crippen MR) is 157 cm³/mol. The molecule has 40 heavy (non-hydrogen) atoms. The third kappa shape index (κ3) is 11.6. The number of para-hydroxylation sites is 1. The molecule has 2 aliphatic heterocycles. The van der Waals surface area contributed by atoms with E-state index in [9.17, 15) is 15.3 Å². The van der Waals surface area contributed by atoms with E-state index >= 15 is 0 Å². The first-order valence-corrected chi connectivity index (χ1v) is 16.2. The molecule has 1 aromatic rings. The first-order chi connectivity index (χ1) is 19.4. The summed E-state index contributed by atoms with van der Waals surface area (Å²) in [6.45, 7) is 6.36. The number of aromatic hydroxyl groups is 1. The van der Waals surface area contributed by atoms with Crippen LogP contribution in [0.2, 0.25) is 0 Å². The third-order valence-electron chi connectivity index (χ3n) is 8.35. The predicted octanol–water partition coefficient (Wildman–Crippen LogP) is 7.31. The Kier molecular flexibility index (Phi) is 15.3. The van der Waals surface area contributed by atoms with Gasteiger partial charge < -0.3 is 34.3 Å². The molecule has 0 aromatic heterocycles. The van der Waals surface area contributed by atoms with Crippen LogP contribution in [-0.2, 0) is 18.9 Å². The molecule has 3 rings (SSSR count). The highest BCUT2D eigenvalue weighted by atomic mass is 16.7. The van der Waals surface area contributed by atoms with Gasteiger partial charge >= 0.3 is 0 Å². The molecule has 1 aromatic carbocycles. The Morgan fingerprint density at radius 3 is 1.95 bits per heavy atom. The Labute approximate surface area is 242 Å². The lowest BCUT2D eigenvalue weighted by molar-refractivity contribution is -0.254. The summed E-state index contributed by atoms with van der Waals surface area (Å²) >= 11 is 0. The molecule has 0 saturated carbocycles. The van der Waals surface area contributed by atoms with Crippen molar-refractivity contribution >= 4 is 0 Å². The van der Waals surface area contributed by atoms with Gasteiger partial charge in [-0.05, 0) is 76.7 Å². The smallest absolute Gasteiger partial charge is 0.188 e. The third-order valence-corrected chi connectivity index (χ3v) is 8.35. The van der Waals surface area contributed by atoms with Gasteiger partial charge in [-0.1, -0.05) is 64.7 Å². The summed E-state index contributed by atoms with van der Waals surface area (Å²) in [5, 5.41) is 31.2. The second kappa shape index (κ2) is 18.3. The maximum atomic E-state index is 11.0. The second-order valence-electron chi connectivity index (χ2n) is 11.9. The van der Waals surface area contributed by atoms with E-state index in [-0.39, 0.29) is 42.6 Å². The average molecular weight is 565 g/mol. The van der Waals surface area contributed by atoms with Gasteiger partial charge in [-0.15, -0.1) is 0 Å². The summed E-state index contributed by atoms with van der Waals surface area (Å²) in [6.07, 6.45) is 13.4. The fourth-order valence-electron chi connectivity index (χ4n) is 5.98. The van der Waals surface area contributed by atoms with Crippen molar-refractivity contribution in [3.05, 3.63) is 29.8 Å². The van der Waals surface area contributed by atoms with Crippen molar-refractivity contribution in [1.82, 2.24) is 0 Å². The lowest BCUT2D eigenvalue weighted by Crippen LogP contribution is -2.38. The molecule has 8 atom stereocenters. The molecule has 0 radical (unpaired) electrons. The first kappa shape index (κ1) is 33.3. The number of hydrogen-bond acceptors (Lipinski definition) is 7. The average Bonchev–Trinajstić information content (AvgIpc) is 2.93. The van der Waals surface area contributed by atoms with Crippen LogP contribution in [0.3, 0.4) is 0 Å². The van der Waals surface area contributed by atoms with Gasteiger partial charge in [0, 0.05) is 12.0 Å². The normalized spacial score (nSPS) is 28.8. The zero-order valence-corrected chi connectivity index (χ0v) is 25.2. The highest BCUT2D eigenvalue weighted by Crippen LogP contribution is 2.37. The van der Waals surface area contributed by atoms with Gasteiger partial charge in [-0.25, -0.2) is 0 Å². The van der Waals surface area contributed by atoms with Crippen molar-refractivity contribution in [1.29, 1.82) is 0 Å². The first-order valence-electron chi connectivity index (χ1n) is 16.2. The van der Waals surface area contributed by atoms with Gasteiger partial charge in [0.2, 0.25) is 0 Å². The largest absolute Gasteiger partial charge is 0.507 e. The van der Waals surface area contributed by atoms with Crippen LogP contribution in [0, 0.1) is 0 Å². The highest BCUT2D eigenvalue weighted by molar-refractivity contribution is 5.33. The number of hydrogen-bond donors (Lipinski definition) is 3. The quantitative estimate of drug-likeness (QED) is 0.161. The van der Waals surface area contributed by atoms with Crippen molar-refractivity contribution in [3.8, 4) is 5.75 Å². The van der Waals surface area contributed by atoms with Crippen LogP contribution in [0.5, 0.6) is 5.75 Å². The molecule has 2 fully saturated rings. The molecule has 230 valence electrons. The zero-order chi connectivity index (χ0) is 28.7. The Morgan fingerprint density at radius 2 is 1.30 bits per heavy atom. The number of unbranched alkanes of at least 4 members (excludes halogenated alkanes) is 2. The van der Waals surface area contributed by atoms with Crippen LogP contribution >= 0.6 is 0 Å². The van der Waals surface area contributed by atoms with Gasteiger partial charge in [0.25, 0.3) is 0 Å². The number of benzene rings is 1. The Bertz CT molecular complexity index is 805. The van der Waals surface area contributed by atoms with E-state index in [1.165, 1.54) is 6.42 Å². The molecule has 0 bridgehead atoms. The number of aliphatic hydroxyl groups is 2. The number of phenolic OH excluding ortho intramolecular Hbond substituents is 1. The molecule has 0 aliphatic carbocycles. The molecule has 3 N–H and O–H groups in total. The van der Waals surface area contributed by atoms with Crippen molar-refractivity contribution in [3.63, 3.8) is 0 Å². The van der Waals surface area contributed by atoms with E-state index in [0.717, 1.165) is 83.5 Å². The zero-order valence-electron chi connectivity index (χ0n) is 25.2. The lowest BCUT2D eigenvalue weighted by atomic mass is 9.95. The standard InChI is InChI=1S/C33H56O7/c1-4-7-8-16-28-23-29(40-33(39-28)30-19-9-10-20-31(30)36)21-25(35)15-12-18-27-22-26(17-11-14-24(34)6-3)37-32(38-27)13-5-2/h9-10,19-20,24-29,32-36H,4-8,11-18,21-23H2,1-3H3. The molecule has 0 spiro atoms. The molecular weight excluding hydrogens is 508 g/mol. The summed E-state index contributed by atoms with van der Waals surface area (Å²) in [6, 6.07) is 7.19. The van der Waals surface area contributed by atoms with Crippen molar-refractivity contribution in [2.75, 3.05) is 0 Å². The molecule has 8 unspecified atom stereocenters. The van der Waals surface area contributed by atoms with Crippen LogP contribution in [0.4, 0.5) is 0 Å². The minimum Gasteiger partial charge on any atom is -0.507 e. The maximum Gasteiger partial charge on any atom is 0.188 e. The van der Waals surface area contributed by atoms with Gasteiger partial charge in [-0.3, -0.25) is 0 Å². The summed E-state index contributed by atoms with van der Waals surface area (Å²) in [4.78, 5) is 0. The lowest BCUT2D eigenvalue weighted by Gasteiger charge is -2.37. The second-order valence-corrected chi connectivity index (χ2v) is 11.9. The molecular formula is C33H56O7. The molecule has 2 aliphatic rings. The van der Waals surface area contributed by atoms with E-state index in [2.05, 4.69) is 13.8 Å². The van der Waals surface area contributed by atoms with Crippen LogP contribution in [0.15, 0.2) is 24.3 Å². The number of aliphatic hydroxyl groups excluding tert-OH is 2. The summed E-state index contributed by atoms with van der Waals surface area (Å²) in [5.74, 6) is 0.179. The topological polar surface area (TPSA) is 97.6 Å². The van der Waals surface area contributed by atoms with E-state index in [4.69, 9.17) is 18.9 Å². The van der Waals surface area contributed by atoms with Gasteiger partial charge in [0.1, 0.15) is 5.75 Å². The van der Waals surface area contributed by atoms with Gasteiger partial charge in [0.05, 0.1) is 36.6 Å². The molecule has 7 nitrogen and oxygen atoms in total. The number of rotatable bonds is 18. The fraction of sp³-hybridized carbons (Fsp3) is 0.818. The SMILES string of the molecule is CCCCCC1CC(CC(O)CCCC2CC(CCCC(O)CC)OC(CCC)O2)OC(c2ccccc2O)O1. The Balaban J connectivity index is 1.47. The van der Waals surface area contributed by atoms with E-state index in [1.807, 2.05) is 19.1 Å². The molecule has 0 amide bonds. The fourth-order valence-corrected chi connectivity index (χ4v) is 5.98. The summed E-state index contributed by atoms with van der Waals surface area (Å²) in [5.41, 5.74) is 0.652. The maximum absolute atomic E-state index is 11.0. The number of ether oxygens (including phenoxy) is 4. The van der Waals surface area contributed by atoms with Crippen LogP contribution in [-0.4, -0.2) is 58.2 Å². The molecule has 2 heterocycles. The molecule has 7 heteroatoms. The minimum absolute atomic E-state index is 0.0589. The monoisotopic (exact) mass is 564 g/mol. The van der Waals surface area contributed by atoms with E-state index < -0.39 is 12.4 Å². The van der Waals surface area contributed by atoms with Gasteiger partial charge in [0.15, 0.2) is 12.6 Å². The minimum atomic E-state index is -0.611. The summed E-state index contributed by atoms with van der Waals surface area (Å²) < 4.78 is 25.0. The van der Waals surface area contributed by atoms with Crippen LogP contribution in [0.25, 0.3) is 0 Å². The molecule has 2 saturated heterocycles. The van der Waals surface area contributed by atoms with Crippen LogP contribution < -0.4 is 0 Å². The van der Waals surface area contributed by atoms with Crippen molar-refractivity contribution in [2.24, 2.45) is 0 Å². The van der Waals surface area contributed by atoms with E-state index in [1.54, 1.807) is 12.1 Å². The Morgan fingerprint density at radius 1 is 0.700 bits per heavy atom.